The van der Waals surface area contributed by atoms with Gasteiger partial charge >= 0.3 is 0 Å². The van der Waals surface area contributed by atoms with Crippen LogP contribution in [0.25, 0.3) is 0 Å². The normalized spacial score (nSPS) is 15.9. The number of anilines is 1. The van der Waals surface area contributed by atoms with Gasteiger partial charge in [-0.3, -0.25) is 14.6 Å². The van der Waals surface area contributed by atoms with Crippen LogP contribution in [-0.2, 0) is 11.4 Å². The zero-order valence-electron chi connectivity index (χ0n) is 15.7. The van der Waals surface area contributed by atoms with E-state index in [1.807, 2.05) is 18.2 Å². The van der Waals surface area contributed by atoms with Crippen molar-refractivity contribution in [2.75, 3.05) is 11.9 Å². The molecule has 1 aliphatic rings. The molecule has 0 bridgehead atoms. The van der Waals surface area contributed by atoms with Gasteiger partial charge in [0, 0.05) is 41.6 Å². The number of carbonyl (C=O) groups is 2. The second-order valence-electron chi connectivity index (χ2n) is 6.66. The minimum atomic E-state index is -0.494. The van der Waals surface area contributed by atoms with E-state index in [2.05, 4.69) is 15.3 Å². The highest BCUT2D eigenvalue weighted by Crippen LogP contribution is 2.24. The minimum absolute atomic E-state index is 0.173. The number of benzene rings is 1. The van der Waals surface area contributed by atoms with E-state index in [1.54, 1.807) is 47.1 Å². The monoisotopic (exact) mass is 408 g/mol. The molecule has 7 nitrogen and oxygen atoms in total. The molecule has 1 unspecified atom stereocenters. The van der Waals surface area contributed by atoms with E-state index in [0.29, 0.717) is 36.0 Å². The lowest BCUT2D eigenvalue weighted by Crippen LogP contribution is -2.43. The molecule has 0 spiro atoms. The molecule has 148 valence electrons. The molecule has 0 saturated carbocycles. The number of pyridine rings is 1. The number of hydrogen-bond acceptors (Lipinski definition) is 6. The number of thiazole rings is 1. The summed E-state index contributed by atoms with van der Waals surface area (Å²) < 4.78 is 5.79. The number of nitrogens with zero attached hydrogens (tertiary/aromatic N) is 3. The van der Waals surface area contributed by atoms with Crippen molar-refractivity contribution < 1.29 is 14.3 Å². The molecule has 3 heterocycles. The van der Waals surface area contributed by atoms with Crippen LogP contribution in [0.1, 0.15) is 28.8 Å². The minimum Gasteiger partial charge on any atom is -0.489 e. The maximum Gasteiger partial charge on any atom is 0.254 e. The average Bonchev–Trinajstić information content (AvgIpc) is 3.45. The van der Waals surface area contributed by atoms with Gasteiger partial charge in [-0.25, -0.2) is 4.98 Å². The van der Waals surface area contributed by atoms with E-state index in [0.717, 1.165) is 12.0 Å². The second kappa shape index (κ2) is 8.83. The van der Waals surface area contributed by atoms with Crippen molar-refractivity contribution in [3.05, 3.63) is 71.5 Å². The third-order valence-electron chi connectivity index (χ3n) is 4.69. The zero-order chi connectivity index (χ0) is 20.1. The van der Waals surface area contributed by atoms with Crippen LogP contribution >= 0.6 is 11.3 Å². The van der Waals surface area contributed by atoms with Crippen LogP contribution in [0.15, 0.2) is 60.4 Å². The predicted octanol–water partition coefficient (Wildman–Crippen LogP) is 3.36. The van der Waals surface area contributed by atoms with Crippen molar-refractivity contribution in [3.63, 3.8) is 0 Å². The second-order valence-corrected chi connectivity index (χ2v) is 7.56. The molecule has 1 atom stereocenters. The molecule has 1 N–H and O–H groups in total. The van der Waals surface area contributed by atoms with Crippen molar-refractivity contribution in [2.45, 2.75) is 25.5 Å². The fraction of sp³-hybridized carbons (Fsp3) is 0.238. The van der Waals surface area contributed by atoms with Gasteiger partial charge < -0.3 is 15.0 Å². The first kappa shape index (κ1) is 19.1. The fourth-order valence-corrected chi connectivity index (χ4v) is 3.82. The highest BCUT2D eigenvalue weighted by Gasteiger charge is 2.34. The van der Waals surface area contributed by atoms with Crippen LogP contribution in [0, 0.1) is 0 Å². The topological polar surface area (TPSA) is 84.4 Å². The van der Waals surface area contributed by atoms with E-state index < -0.39 is 6.04 Å². The summed E-state index contributed by atoms with van der Waals surface area (Å²) in [6.45, 7) is 0.920. The van der Waals surface area contributed by atoms with Crippen molar-refractivity contribution in [1.82, 2.24) is 14.9 Å². The van der Waals surface area contributed by atoms with Crippen LogP contribution in [0.3, 0.4) is 0 Å². The Hall–Kier alpha value is -3.26. The van der Waals surface area contributed by atoms with Gasteiger partial charge in [0.1, 0.15) is 18.4 Å². The van der Waals surface area contributed by atoms with E-state index in [1.165, 1.54) is 11.3 Å². The Labute approximate surface area is 172 Å². The highest BCUT2D eigenvalue weighted by molar-refractivity contribution is 7.13. The number of rotatable bonds is 6. The van der Waals surface area contributed by atoms with E-state index in [4.69, 9.17) is 4.74 Å². The van der Waals surface area contributed by atoms with Gasteiger partial charge in [-0.15, -0.1) is 11.3 Å². The van der Waals surface area contributed by atoms with Gasteiger partial charge in [-0.2, -0.15) is 0 Å². The lowest BCUT2D eigenvalue weighted by molar-refractivity contribution is -0.119. The number of likely N-dealkylation sites (tertiary alicyclic amines) is 1. The molecule has 1 fully saturated rings. The Balaban J connectivity index is 1.43. The van der Waals surface area contributed by atoms with E-state index in [-0.39, 0.29) is 11.8 Å². The van der Waals surface area contributed by atoms with Crippen molar-refractivity contribution in [3.8, 4) is 5.75 Å². The average molecular weight is 408 g/mol. The quantitative estimate of drug-likeness (QED) is 0.676. The summed E-state index contributed by atoms with van der Waals surface area (Å²) in [6.07, 6.45) is 6.51. The largest absolute Gasteiger partial charge is 0.489 e. The van der Waals surface area contributed by atoms with Gasteiger partial charge in [0.15, 0.2) is 5.13 Å². The molecule has 29 heavy (non-hydrogen) atoms. The number of nitrogens with one attached hydrogen (secondary N) is 1. The lowest BCUT2D eigenvalue weighted by Gasteiger charge is -2.23. The Bertz CT molecular complexity index is 979. The zero-order valence-corrected chi connectivity index (χ0v) is 16.5. The molecule has 0 aliphatic carbocycles. The molecule has 0 radical (unpaired) electrons. The van der Waals surface area contributed by atoms with Crippen molar-refractivity contribution in [1.29, 1.82) is 0 Å². The van der Waals surface area contributed by atoms with Crippen molar-refractivity contribution in [2.24, 2.45) is 0 Å². The van der Waals surface area contributed by atoms with Crippen LogP contribution in [0.5, 0.6) is 5.75 Å². The number of hydrogen-bond donors (Lipinski definition) is 1. The van der Waals surface area contributed by atoms with Crippen LogP contribution < -0.4 is 10.1 Å². The van der Waals surface area contributed by atoms with Crippen LogP contribution in [-0.4, -0.2) is 39.3 Å². The maximum absolute atomic E-state index is 13.1. The predicted molar refractivity (Wildman–Crippen MR) is 110 cm³/mol. The van der Waals surface area contributed by atoms with Gasteiger partial charge in [0.2, 0.25) is 5.91 Å². The molecule has 1 aromatic carbocycles. The molecule has 8 heteroatoms. The first-order valence-corrected chi connectivity index (χ1v) is 10.2. The smallest absolute Gasteiger partial charge is 0.254 e. The summed E-state index contributed by atoms with van der Waals surface area (Å²) in [5, 5.41) is 5.13. The summed E-state index contributed by atoms with van der Waals surface area (Å²) in [6, 6.07) is 10.3. The number of carbonyl (C=O) groups excluding carboxylic acids is 2. The molecule has 1 saturated heterocycles. The molecular weight excluding hydrogens is 388 g/mol. The van der Waals surface area contributed by atoms with Crippen molar-refractivity contribution >= 4 is 28.3 Å². The summed E-state index contributed by atoms with van der Waals surface area (Å²) >= 11 is 1.35. The van der Waals surface area contributed by atoms with E-state index in [9.17, 15) is 9.59 Å². The number of ether oxygens (including phenoxy) is 1. The summed E-state index contributed by atoms with van der Waals surface area (Å²) in [5.41, 5.74) is 1.45. The Morgan fingerprint density at radius 1 is 1.24 bits per heavy atom. The van der Waals surface area contributed by atoms with Gasteiger partial charge in [-0.05, 0) is 37.1 Å². The van der Waals surface area contributed by atoms with Gasteiger partial charge in [0.05, 0.1) is 0 Å². The standard InChI is InChI=1S/C21H20N4O3S/c26-19(24-21-23-9-11-29-21)18-7-3-10-25(18)20(27)16-5-1-6-17(12-16)28-14-15-4-2-8-22-13-15/h1-2,4-6,8-9,11-13,18H,3,7,10,14H2,(H,23,24,26). The maximum atomic E-state index is 13.1. The SMILES string of the molecule is O=C(Nc1nccs1)C1CCCN1C(=O)c1cccc(OCc2cccnc2)c1. The number of aromatic nitrogens is 2. The molecule has 4 rings (SSSR count). The summed E-state index contributed by atoms with van der Waals surface area (Å²) in [7, 11) is 0. The van der Waals surface area contributed by atoms with Crippen LogP contribution in [0.2, 0.25) is 0 Å². The van der Waals surface area contributed by atoms with Crippen LogP contribution in [0.4, 0.5) is 5.13 Å². The molecule has 2 amide bonds. The first-order chi connectivity index (χ1) is 14.2. The third-order valence-corrected chi connectivity index (χ3v) is 5.38. The van der Waals surface area contributed by atoms with Gasteiger partial charge in [0.25, 0.3) is 5.91 Å². The Kier molecular flexibility index (Phi) is 5.81. The number of amides is 2. The fourth-order valence-electron chi connectivity index (χ4n) is 3.29. The summed E-state index contributed by atoms with van der Waals surface area (Å²) in [5.74, 6) is 0.228. The highest BCUT2D eigenvalue weighted by atomic mass is 32.1. The molecule has 3 aromatic rings. The van der Waals surface area contributed by atoms with E-state index >= 15 is 0 Å². The molecule has 1 aliphatic heterocycles. The molecule has 2 aromatic heterocycles. The first-order valence-electron chi connectivity index (χ1n) is 9.34. The Morgan fingerprint density at radius 3 is 2.97 bits per heavy atom. The molecular formula is C21H20N4O3S. The lowest BCUT2D eigenvalue weighted by atomic mass is 10.1. The Morgan fingerprint density at radius 2 is 2.17 bits per heavy atom. The summed E-state index contributed by atoms with van der Waals surface area (Å²) in [4.78, 5) is 35.4. The van der Waals surface area contributed by atoms with Gasteiger partial charge in [-0.1, -0.05) is 12.1 Å². The third kappa shape index (κ3) is 4.60.